The molecule has 2 aromatic carbocycles. The van der Waals surface area contributed by atoms with Gasteiger partial charge in [0.15, 0.2) is 0 Å². The first kappa shape index (κ1) is 17.0. The Labute approximate surface area is 147 Å². The summed E-state index contributed by atoms with van der Waals surface area (Å²) in [5, 5.41) is 22.3. The van der Waals surface area contributed by atoms with Crippen LogP contribution < -0.4 is 11.0 Å². The minimum absolute atomic E-state index is 0.000638. The van der Waals surface area contributed by atoms with Crippen molar-refractivity contribution >= 4 is 17.9 Å². The first-order valence-corrected chi connectivity index (χ1v) is 7.65. The van der Waals surface area contributed by atoms with Crippen LogP contribution in [-0.2, 0) is 6.42 Å². The number of hydrazone groups is 1. The molecule has 0 aliphatic carbocycles. The van der Waals surface area contributed by atoms with E-state index in [1.807, 2.05) is 30.3 Å². The first-order chi connectivity index (χ1) is 12.6. The lowest BCUT2D eigenvalue weighted by Crippen LogP contribution is -2.18. The summed E-state index contributed by atoms with van der Waals surface area (Å²) >= 11 is 0. The van der Waals surface area contributed by atoms with E-state index in [-0.39, 0.29) is 17.2 Å². The quantitative estimate of drug-likeness (QED) is 0.398. The van der Waals surface area contributed by atoms with Crippen LogP contribution in [0.3, 0.4) is 0 Å². The molecule has 130 valence electrons. The number of hydrogen-bond acceptors (Lipinski definition) is 7. The van der Waals surface area contributed by atoms with Gasteiger partial charge in [0.25, 0.3) is 11.2 Å². The molecule has 0 aliphatic heterocycles. The van der Waals surface area contributed by atoms with Gasteiger partial charge in [-0.1, -0.05) is 30.3 Å². The summed E-state index contributed by atoms with van der Waals surface area (Å²) in [6.07, 6.45) is 1.83. The van der Waals surface area contributed by atoms with Gasteiger partial charge in [-0.3, -0.25) is 19.9 Å². The molecule has 0 radical (unpaired) electrons. The predicted octanol–water partition coefficient (Wildman–Crippen LogP) is 2.11. The summed E-state index contributed by atoms with van der Waals surface area (Å²) in [7, 11) is 0. The number of anilines is 1. The Morgan fingerprint density at radius 1 is 1.12 bits per heavy atom. The molecule has 0 unspecified atom stereocenters. The molecule has 0 amide bonds. The molecule has 9 heteroatoms. The standard InChI is InChI=1S/C17H14N6O3/c24-16-15(10-12-4-2-1-3-5-12)20-22-17(19-16)21-18-11-13-6-8-14(9-7-13)23(25)26/h1-9,11H,10H2,(H2,19,21,22,24)/b18-11-. The van der Waals surface area contributed by atoms with Gasteiger partial charge in [-0.05, 0) is 23.3 Å². The smallest absolute Gasteiger partial charge is 0.274 e. The molecule has 0 spiro atoms. The second kappa shape index (κ2) is 7.79. The number of non-ortho nitro benzene ring substituents is 1. The van der Waals surface area contributed by atoms with Gasteiger partial charge in [-0.15, -0.1) is 10.2 Å². The van der Waals surface area contributed by atoms with Gasteiger partial charge < -0.3 is 0 Å². The Morgan fingerprint density at radius 3 is 2.50 bits per heavy atom. The van der Waals surface area contributed by atoms with Crippen LogP contribution in [0.5, 0.6) is 0 Å². The molecular weight excluding hydrogens is 336 g/mol. The van der Waals surface area contributed by atoms with Crippen molar-refractivity contribution in [2.24, 2.45) is 5.10 Å². The average molecular weight is 350 g/mol. The molecule has 1 heterocycles. The summed E-state index contributed by atoms with van der Waals surface area (Å²) in [5.41, 5.74) is 4.14. The Morgan fingerprint density at radius 2 is 1.85 bits per heavy atom. The molecule has 9 nitrogen and oxygen atoms in total. The van der Waals surface area contributed by atoms with Crippen molar-refractivity contribution in [1.82, 2.24) is 15.2 Å². The zero-order chi connectivity index (χ0) is 18.4. The van der Waals surface area contributed by atoms with Crippen LogP contribution in [0.15, 0.2) is 64.5 Å². The third kappa shape index (κ3) is 4.35. The maximum Gasteiger partial charge on any atom is 0.274 e. The van der Waals surface area contributed by atoms with Crippen LogP contribution in [0.4, 0.5) is 11.6 Å². The van der Waals surface area contributed by atoms with Gasteiger partial charge in [0.2, 0.25) is 5.95 Å². The molecule has 26 heavy (non-hydrogen) atoms. The summed E-state index contributed by atoms with van der Waals surface area (Å²) in [6.45, 7) is 0. The summed E-state index contributed by atoms with van der Waals surface area (Å²) < 4.78 is 0. The summed E-state index contributed by atoms with van der Waals surface area (Å²) in [6, 6.07) is 15.3. The molecule has 0 atom stereocenters. The van der Waals surface area contributed by atoms with Gasteiger partial charge in [0.05, 0.1) is 11.1 Å². The van der Waals surface area contributed by atoms with E-state index in [1.165, 1.54) is 18.3 Å². The number of nitro benzene ring substituents is 1. The van der Waals surface area contributed by atoms with E-state index >= 15 is 0 Å². The van der Waals surface area contributed by atoms with Crippen LogP contribution in [0.25, 0.3) is 0 Å². The number of aromatic amines is 1. The normalized spacial score (nSPS) is 10.8. The largest absolute Gasteiger partial charge is 0.288 e. The maximum absolute atomic E-state index is 12.1. The van der Waals surface area contributed by atoms with Crippen molar-refractivity contribution in [3.63, 3.8) is 0 Å². The van der Waals surface area contributed by atoms with E-state index in [2.05, 4.69) is 25.7 Å². The van der Waals surface area contributed by atoms with E-state index < -0.39 is 4.92 Å². The molecule has 0 fully saturated rings. The minimum Gasteiger partial charge on any atom is -0.288 e. The van der Waals surface area contributed by atoms with E-state index in [9.17, 15) is 14.9 Å². The van der Waals surface area contributed by atoms with Gasteiger partial charge in [-0.25, -0.2) is 5.43 Å². The fraction of sp³-hybridized carbons (Fsp3) is 0.0588. The number of benzene rings is 2. The Kier molecular flexibility index (Phi) is 5.08. The summed E-state index contributed by atoms with van der Waals surface area (Å²) in [5.74, 6) is 0.102. The zero-order valence-electron chi connectivity index (χ0n) is 13.5. The van der Waals surface area contributed by atoms with E-state index in [0.717, 1.165) is 5.56 Å². The Hall–Kier alpha value is -3.88. The van der Waals surface area contributed by atoms with E-state index in [4.69, 9.17) is 0 Å². The number of rotatable bonds is 6. The number of aromatic nitrogens is 3. The second-order valence-electron chi connectivity index (χ2n) is 5.33. The van der Waals surface area contributed by atoms with Crippen molar-refractivity contribution in [1.29, 1.82) is 0 Å². The SMILES string of the molecule is O=c1[nH]c(N/N=C\c2ccc([N+](=O)[O-])cc2)nnc1Cc1ccccc1. The molecule has 0 aliphatic rings. The van der Waals surface area contributed by atoms with Crippen LogP contribution in [-0.4, -0.2) is 26.3 Å². The van der Waals surface area contributed by atoms with Crippen LogP contribution >= 0.6 is 0 Å². The van der Waals surface area contributed by atoms with Crippen LogP contribution in [0.2, 0.25) is 0 Å². The van der Waals surface area contributed by atoms with Crippen LogP contribution in [0.1, 0.15) is 16.8 Å². The van der Waals surface area contributed by atoms with Crippen molar-refractivity contribution in [2.75, 3.05) is 5.43 Å². The lowest BCUT2D eigenvalue weighted by atomic mass is 10.1. The molecule has 1 aromatic heterocycles. The second-order valence-corrected chi connectivity index (χ2v) is 5.33. The van der Waals surface area contributed by atoms with Crippen molar-refractivity contribution in [2.45, 2.75) is 6.42 Å². The highest BCUT2D eigenvalue weighted by Crippen LogP contribution is 2.10. The van der Waals surface area contributed by atoms with Gasteiger partial charge in [0, 0.05) is 18.6 Å². The number of hydrogen-bond donors (Lipinski definition) is 2. The topological polar surface area (TPSA) is 126 Å². The lowest BCUT2D eigenvalue weighted by molar-refractivity contribution is -0.384. The molecular formula is C17H14N6O3. The molecule has 3 rings (SSSR count). The number of nitrogens with one attached hydrogen (secondary N) is 2. The highest BCUT2D eigenvalue weighted by molar-refractivity contribution is 5.80. The predicted molar refractivity (Wildman–Crippen MR) is 96.2 cm³/mol. The molecule has 0 saturated carbocycles. The third-order valence-corrected chi connectivity index (χ3v) is 3.47. The average Bonchev–Trinajstić information content (AvgIpc) is 2.65. The minimum atomic E-state index is -0.476. The van der Waals surface area contributed by atoms with Gasteiger partial charge in [-0.2, -0.15) is 5.10 Å². The monoisotopic (exact) mass is 350 g/mol. The van der Waals surface area contributed by atoms with E-state index in [0.29, 0.717) is 17.7 Å². The maximum atomic E-state index is 12.1. The third-order valence-electron chi connectivity index (χ3n) is 3.47. The fourth-order valence-corrected chi connectivity index (χ4v) is 2.17. The number of nitro groups is 1. The highest BCUT2D eigenvalue weighted by atomic mass is 16.6. The highest BCUT2D eigenvalue weighted by Gasteiger charge is 2.06. The molecule has 3 aromatic rings. The lowest BCUT2D eigenvalue weighted by Gasteiger charge is -2.01. The Bertz CT molecular complexity index is 983. The van der Waals surface area contributed by atoms with Gasteiger partial charge in [0.1, 0.15) is 5.69 Å². The molecule has 2 N–H and O–H groups in total. The van der Waals surface area contributed by atoms with E-state index in [1.54, 1.807) is 12.1 Å². The van der Waals surface area contributed by atoms with Crippen molar-refractivity contribution in [3.05, 3.63) is 91.9 Å². The number of H-pyrrole nitrogens is 1. The molecule has 0 saturated heterocycles. The van der Waals surface area contributed by atoms with Crippen LogP contribution in [0, 0.1) is 10.1 Å². The summed E-state index contributed by atoms with van der Waals surface area (Å²) in [4.78, 5) is 24.7. The van der Waals surface area contributed by atoms with Crippen molar-refractivity contribution < 1.29 is 4.92 Å². The Balaban J connectivity index is 1.64. The molecule has 0 bridgehead atoms. The first-order valence-electron chi connectivity index (χ1n) is 7.65. The fourth-order valence-electron chi connectivity index (χ4n) is 2.17. The van der Waals surface area contributed by atoms with Crippen molar-refractivity contribution in [3.8, 4) is 0 Å². The van der Waals surface area contributed by atoms with Gasteiger partial charge >= 0.3 is 0 Å². The number of nitrogens with zero attached hydrogens (tertiary/aromatic N) is 4. The zero-order valence-corrected chi connectivity index (χ0v) is 13.5.